The summed E-state index contributed by atoms with van der Waals surface area (Å²) in [6, 6.07) is 7.97. The molecule has 182 valence electrons. The van der Waals surface area contributed by atoms with Crippen molar-refractivity contribution in [2.45, 2.75) is 18.9 Å². The van der Waals surface area contributed by atoms with Crippen LogP contribution in [-0.2, 0) is 19.0 Å². The highest BCUT2D eigenvalue weighted by atomic mass is 16.3. The molecule has 1 atom stereocenters. The number of aliphatic hydroxyl groups is 1. The van der Waals surface area contributed by atoms with Crippen LogP contribution in [0.2, 0.25) is 0 Å². The minimum atomic E-state index is -0.446. The zero-order valence-electron chi connectivity index (χ0n) is 20.4. The van der Waals surface area contributed by atoms with Crippen LogP contribution in [0.15, 0.2) is 30.6 Å². The SMILES string of the molecule is CN1CCN(Cc2c(Nc3nccc(-c4cc(C#N)c5c(c4)C(C)(CO)CN5)n3)cnn2C)CC1. The maximum absolute atomic E-state index is 9.99. The number of rotatable bonds is 6. The van der Waals surface area contributed by atoms with Gasteiger partial charge >= 0.3 is 0 Å². The second kappa shape index (κ2) is 9.26. The van der Waals surface area contributed by atoms with E-state index in [1.807, 2.05) is 43.0 Å². The fourth-order valence-electron chi connectivity index (χ4n) is 4.74. The Morgan fingerprint density at radius 2 is 2.03 bits per heavy atom. The molecule has 2 aromatic heterocycles. The molecule has 4 heterocycles. The van der Waals surface area contributed by atoms with Gasteiger partial charge in [-0.15, -0.1) is 0 Å². The van der Waals surface area contributed by atoms with E-state index in [4.69, 9.17) is 4.98 Å². The Kier molecular flexibility index (Phi) is 6.15. The topological polar surface area (TPSA) is 118 Å². The van der Waals surface area contributed by atoms with Crippen molar-refractivity contribution in [1.29, 1.82) is 5.26 Å². The average Bonchev–Trinajstić information content (AvgIpc) is 3.40. The van der Waals surface area contributed by atoms with Crippen molar-refractivity contribution in [3.05, 3.63) is 47.4 Å². The van der Waals surface area contributed by atoms with Crippen LogP contribution in [0.5, 0.6) is 0 Å². The van der Waals surface area contributed by atoms with Gasteiger partial charge in [-0.3, -0.25) is 9.58 Å². The van der Waals surface area contributed by atoms with Gasteiger partial charge in [0.25, 0.3) is 0 Å². The van der Waals surface area contributed by atoms with Crippen molar-refractivity contribution < 1.29 is 5.11 Å². The lowest BCUT2D eigenvalue weighted by Gasteiger charge is -2.32. The average molecular weight is 474 g/mol. The molecule has 0 amide bonds. The Balaban J connectivity index is 1.42. The first-order valence-electron chi connectivity index (χ1n) is 11.9. The van der Waals surface area contributed by atoms with Gasteiger partial charge < -0.3 is 20.6 Å². The van der Waals surface area contributed by atoms with E-state index in [2.05, 4.69) is 43.6 Å². The molecule has 35 heavy (non-hydrogen) atoms. The first-order chi connectivity index (χ1) is 16.9. The predicted octanol–water partition coefficient (Wildman–Crippen LogP) is 1.92. The number of hydrogen-bond donors (Lipinski definition) is 3. The van der Waals surface area contributed by atoms with Gasteiger partial charge in [0, 0.05) is 63.5 Å². The van der Waals surface area contributed by atoms with E-state index in [9.17, 15) is 10.4 Å². The summed E-state index contributed by atoms with van der Waals surface area (Å²) in [7, 11) is 4.11. The first-order valence-corrected chi connectivity index (χ1v) is 11.9. The number of aromatic nitrogens is 4. The predicted molar refractivity (Wildman–Crippen MR) is 134 cm³/mol. The first kappa shape index (κ1) is 23.2. The van der Waals surface area contributed by atoms with E-state index in [0.717, 1.165) is 60.9 Å². The molecule has 3 aromatic rings. The van der Waals surface area contributed by atoms with E-state index in [0.29, 0.717) is 23.8 Å². The maximum Gasteiger partial charge on any atom is 0.227 e. The molecule has 0 bridgehead atoms. The van der Waals surface area contributed by atoms with Crippen LogP contribution >= 0.6 is 0 Å². The van der Waals surface area contributed by atoms with Crippen LogP contribution in [0, 0.1) is 11.3 Å². The third kappa shape index (κ3) is 4.46. The Hall–Kier alpha value is -3.52. The fraction of sp³-hybridized carbons (Fsp3) is 0.440. The van der Waals surface area contributed by atoms with Gasteiger partial charge in [0.15, 0.2) is 0 Å². The summed E-state index contributed by atoms with van der Waals surface area (Å²) in [6.07, 6.45) is 3.52. The Labute approximate surface area is 205 Å². The van der Waals surface area contributed by atoms with Crippen molar-refractivity contribution in [3.63, 3.8) is 0 Å². The molecule has 2 aliphatic rings. The Bertz CT molecular complexity index is 1270. The smallest absolute Gasteiger partial charge is 0.227 e. The number of nitrogens with one attached hydrogen (secondary N) is 2. The second-order valence-corrected chi connectivity index (χ2v) is 9.73. The number of aryl methyl sites for hydroxylation is 1. The molecule has 0 spiro atoms. The quantitative estimate of drug-likeness (QED) is 0.493. The van der Waals surface area contributed by atoms with Gasteiger partial charge in [-0.05, 0) is 30.8 Å². The highest BCUT2D eigenvalue weighted by molar-refractivity contribution is 5.76. The van der Waals surface area contributed by atoms with E-state index < -0.39 is 5.41 Å². The molecule has 0 saturated carbocycles. The van der Waals surface area contributed by atoms with Crippen molar-refractivity contribution in [2.24, 2.45) is 7.05 Å². The van der Waals surface area contributed by atoms with Crippen LogP contribution in [0.3, 0.4) is 0 Å². The fourth-order valence-corrected chi connectivity index (χ4v) is 4.74. The standard InChI is InChI=1S/C25H31N9O/c1-25(16-35)15-28-23-18(12-26)10-17(11-19(23)25)20-4-5-27-24(30-20)31-21-13-29-33(3)22(21)14-34-8-6-32(2)7-9-34/h4-5,10-11,13,28,35H,6-9,14-16H2,1-3H3,(H,27,30,31). The van der Waals surface area contributed by atoms with Crippen molar-refractivity contribution in [2.75, 3.05) is 57.0 Å². The number of likely N-dealkylation sites (N-methyl/N-ethyl adjacent to an activating group) is 1. The summed E-state index contributed by atoms with van der Waals surface area (Å²) in [4.78, 5) is 13.9. The molecule has 1 aromatic carbocycles. The van der Waals surface area contributed by atoms with E-state index >= 15 is 0 Å². The summed E-state index contributed by atoms with van der Waals surface area (Å²) in [5.74, 6) is 0.470. The summed E-state index contributed by atoms with van der Waals surface area (Å²) < 4.78 is 1.90. The van der Waals surface area contributed by atoms with Crippen molar-refractivity contribution in [3.8, 4) is 17.3 Å². The van der Waals surface area contributed by atoms with Gasteiger partial charge in [-0.1, -0.05) is 6.92 Å². The minimum absolute atomic E-state index is 0.00497. The van der Waals surface area contributed by atoms with Crippen LogP contribution < -0.4 is 10.6 Å². The lowest BCUT2D eigenvalue weighted by Crippen LogP contribution is -2.44. The lowest BCUT2D eigenvalue weighted by molar-refractivity contribution is 0.145. The molecular weight excluding hydrogens is 442 g/mol. The molecule has 2 aliphatic heterocycles. The number of anilines is 3. The van der Waals surface area contributed by atoms with Crippen LogP contribution in [0.1, 0.15) is 23.7 Å². The number of fused-ring (bicyclic) bond motifs is 1. The number of benzene rings is 1. The third-order valence-corrected chi connectivity index (χ3v) is 7.14. The van der Waals surface area contributed by atoms with Crippen LogP contribution in [0.4, 0.5) is 17.3 Å². The number of aliphatic hydroxyl groups excluding tert-OH is 1. The van der Waals surface area contributed by atoms with Crippen molar-refractivity contribution in [1.82, 2.24) is 29.5 Å². The molecular formula is C25H31N9O. The minimum Gasteiger partial charge on any atom is -0.395 e. The van der Waals surface area contributed by atoms with E-state index in [-0.39, 0.29) is 6.61 Å². The second-order valence-electron chi connectivity index (χ2n) is 9.73. The summed E-state index contributed by atoms with van der Waals surface area (Å²) in [6.45, 7) is 7.54. The highest BCUT2D eigenvalue weighted by Gasteiger charge is 2.36. The number of nitriles is 1. The summed E-state index contributed by atoms with van der Waals surface area (Å²) in [5.41, 5.74) is 5.32. The normalized spacial score (nSPS) is 20.3. The summed E-state index contributed by atoms with van der Waals surface area (Å²) in [5, 5.41) is 30.8. The van der Waals surface area contributed by atoms with Crippen LogP contribution in [0.25, 0.3) is 11.3 Å². The van der Waals surface area contributed by atoms with Gasteiger partial charge in [0.05, 0.1) is 41.1 Å². The molecule has 0 aliphatic carbocycles. The third-order valence-electron chi connectivity index (χ3n) is 7.14. The van der Waals surface area contributed by atoms with E-state index in [1.54, 1.807) is 6.20 Å². The zero-order valence-corrected chi connectivity index (χ0v) is 20.4. The molecule has 1 unspecified atom stereocenters. The van der Waals surface area contributed by atoms with E-state index in [1.165, 1.54) is 0 Å². The van der Waals surface area contributed by atoms with Gasteiger partial charge in [0.2, 0.25) is 5.95 Å². The molecule has 10 nitrogen and oxygen atoms in total. The zero-order chi connectivity index (χ0) is 24.6. The Morgan fingerprint density at radius 1 is 1.23 bits per heavy atom. The molecule has 1 saturated heterocycles. The molecule has 10 heteroatoms. The molecule has 1 fully saturated rings. The van der Waals surface area contributed by atoms with Crippen molar-refractivity contribution >= 4 is 17.3 Å². The molecule has 5 rings (SSSR count). The maximum atomic E-state index is 9.99. The number of piperazine rings is 1. The van der Waals surface area contributed by atoms with Gasteiger partial charge in [0.1, 0.15) is 6.07 Å². The molecule has 3 N–H and O–H groups in total. The van der Waals surface area contributed by atoms with Crippen LogP contribution in [-0.4, -0.2) is 81.0 Å². The highest BCUT2D eigenvalue weighted by Crippen LogP contribution is 2.41. The molecule has 0 radical (unpaired) electrons. The largest absolute Gasteiger partial charge is 0.395 e. The lowest BCUT2D eigenvalue weighted by atomic mass is 9.83. The van der Waals surface area contributed by atoms with Gasteiger partial charge in [-0.2, -0.15) is 10.4 Å². The summed E-state index contributed by atoms with van der Waals surface area (Å²) >= 11 is 0. The Morgan fingerprint density at radius 3 is 2.77 bits per heavy atom. The number of hydrogen-bond acceptors (Lipinski definition) is 9. The van der Waals surface area contributed by atoms with Gasteiger partial charge in [-0.25, -0.2) is 9.97 Å². The monoisotopic (exact) mass is 473 g/mol. The number of nitrogens with zero attached hydrogens (tertiary/aromatic N) is 7.